The molecule has 1 unspecified atom stereocenters. The Bertz CT molecular complexity index is 468. The highest BCUT2D eigenvalue weighted by Crippen LogP contribution is 2.27. The summed E-state index contributed by atoms with van der Waals surface area (Å²) in [5.41, 5.74) is 8.04. The number of nitrogens with one attached hydrogen (secondary N) is 1. The van der Waals surface area contributed by atoms with Gasteiger partial charge in [-0.05, 0) is 25.5 Å². The molecule has 110 valence electrons. The van der Waals surface area contributed by atoms with E-state index in [-0.39, 0.29) is 13.0 Å². The molecule has 0 heterocycles. The van der Waals surface area contributed by atoms with Crippen LogP contribution < -0.4 is 11.1 Å². The number of anilines is 1. The van der Waals surface area contributed by atoms with E-state index in [1.54, 1.807) is 13.0 Å². The number of amides is 1. The van der Waals surface area contributed by atoms with E-state index in [0.29, 0.717) is 11.3 Å². The lowest BCUT2D eigenvalue weighted by atomic mass is 9.97. The molecule has 0 aliphatic carbocycles. The van der Waals surface area contributed by atoms with Crippen LogP contribution in [0.1, 0.15) is 30.5 Å². The van der Waals surface area contributed by atoms with Gasteiger partial charge in [0.2, 0.25) is 0 Å². The van der Waals surface area contributed by atoms with Gasteiger partial charge in [0.15, 0.2) is 0 Å². The number of nitrogens with two attached hydrogens (primary N) is 1. The summed E-state index contributed by atoms with van der Waals surface area (Å²) in [5.74, 6) is -0.436. The second-order valence-corrected chi connectivity index (χ2v) is 4.28. The zero-order valence-electron chi connectivity index (χ0n) is 11.9. The van der Waals surface area contributed by atoms with Crippen molar-refractivity contribution in [1.29, 1.82) is 0 Å². The normalized spacial score (nSPS) is 11.6. The Hall–Kier alpha value is -2.24. The van der Waals surface area contributed by atoms with E-state index in [9.17, 15) is 9.59 Å². The van der Waals surface area contributed by atoms with Gasteiger partial charge in [-0.3, -0.25) is 4.79 Å². The number of hydrogen-bond acceptors (Lipinski definition) is 5. The average Bonchev–Trinajstić information content (AvgIpc) is 2.38. The maximum atomic E-state index is 11.6. The molecular weight excluding hydrogens is 260 g/mol. The third-order valence-corrected chi connectivity index (χ3v) is 2.87. The Labute approximate surface area is 118 Å². The van der Waals surface area contributed by atoms with Crippen LogP contribution in [-0.2, 0) is 14.3 Å². The van der Waals surface area contributed by atoms with Gasteiger partial charge in [0.1, 0.15) is 0 Å². The van der Waals surface area contributed by atoms with Crippen molar-refractivity contribution in [3.63, 3.8) is 0 Å². The highest BCUT2D eigenvalue weighted by molar-refractivity contribution is 5.74. The quantitative estimate of drug-likeness (QED) is 0.635. The highest BCUT2D eigenvalue weighted by atomic mass is 16.5. The van der Waals surface area contributed by atoms with E-state index < -0.39 is 18.1 Å². The predicted octanol–water partition coefficient (Wildman–Crippen LogP) is 1.93. The molecule has 0 bridgehead atoms. The first-order chi connectivity index (χ1) is 9.49. The van der Waals surface area contributed by atoms with Gasteiger partial charge in [-0.15, -0.1) is 0 Å². The molecule has 1 aromatic carbocycles. The summed E-state index contributed by atoms with van der Waals surface area (Å²) in [7, 11) is 1.30. The van der Waals surface area contributed by atoms with Gasteiger partial charge in [0, 0.05) is 11.3 Å². The first kappa shape index (κ1) is 15.8. The molecule has 0 spiro atoms. The number of esters is 1. The third-order valence-electron chi connectivity index (χ3n) is 2.87. The molecule has 6 heteroatoms. The summed E-state index contributed by atoms with van der Waals surface area (Å²) in [6, 6.07) is 4.82. The SMILES string of the molecule is CCOC(=O)NC(CC(=O)OC)c1c(C)cccc1N. The van der Waals surface area contributed by atoms with E-state index >= 15 is 0 Å². The number of methoxy groups -OCH3 is 1. The Balaban J connectivity index is 3.03. The number of benzene rings is 1. The first-order valence-corrected chi connectivity index (χ1v) is 6.34. The molecule has 1 atom stereocenters. The fourth-order valence-corrected chi connectivity index (χ4v) is 1.97. The fraction of sp³-hybridized carbons (Fsp3) is 0.429. The summed E-state index contributed by atoms with van der Waals surface area (Å²) in [6.07, 6.45) is -0.603. The van der Waals surface area contributed by atoms with E-state index in [4.69, 9.17) is 10.5 Å². The van der Waals surface area contributed by atoms with Crippen molar-refractivity contribution in [3.8, 4) is 0 Å². The third kappa shape index (κ3) is 4.15. The van der Waals surface area contributed by atoms with Crippen LogP contribution in [0.15, 0.2) is 18.2 Å². The number of alkyl carbamates (subject to hydrolysis) is 1. The van der Waals surface area contributed by atoms with Gasteiger partial charge in [0.05, 0.1) is 26.2 Å². The molecular formula is C14H20N2O4. The molecule has 3 N–H and O–H groups in total. The minimum Gasteiger partial charge on any atom is -0.469 e. The zero-order chi connectivity index (χ0) is 15.1. The average molecular weight is 280 g/mol. The summed E-state index contributed by atoms with van der Waals surface area (Å²) in [4.78, 5) is 23.1. The molecule has 0 aromatic heterocycles. The van der Waals surface area contributed by atoms with Gasteiger partial charge < -0.3 is 20.5 Å². The molecule has 1 aromatic rings. The summed E-state index contributed by atoms with van der Waals surface area (Å²) < 4.78 is 9.50. The van der Waals surface area contributed by atoms with E-state index in [2.05, 4.69) is 10.1 Å². The Morgan fingerprint density at radius 3 is 2.65 bits per heavy atom. The fourth-order valence-electron chi connectivity index (χ4n) is 1.97. The standard InChI is InChI=1S/C14H20N2O4/c1-4-20-14(18)16-11(8-12(17)19-3)13-9(2)6-5-7-10(13)15/h5-7,11H,4,8,15H2,1-3H3,(H,16,18). The van der Waals surface area contributed by atoms with Crippen LogP contribution in [0.25, 0.3) is 0 Å². The highest BCUT2D eigenvalue weighted by Gasteiger charge is 2.22. The van der Waals surface area contributed by atoms with Crippen molar-refractivity contribution in [2.45, 2.75) is 26.3 Å². The number of rotatable bonds is 5. The molecule has 0 fully saturated rings. The lowest BCUT2D eigenvalue weighted by Crippen LogP contribution is -2.32. The molecule has 0 aliphatic rings. The Kier molecular flexibility index (Phi) is 5.83. The smallest absolute Gasteiger partial charge is 0.407 e. The molecule has 1 amide bonds. The number of aryl methyl sites for hydroxylation is 1. The Morgan fingerprint density at radius 2 is 2.10 bits per heavy atom. The van der Waals surface area contributed by atoms with Crippen molar-refractivity contribution in [2.24, 2.45) is 0 Å². The van der Waals surface area contributed by atoms with Crippen LogP contribution in [0.5, 0.6) is 0 Å². The zero-order valence-corrected chi connectivity index (χ0v) is 11.9. The number of carbonyl (C=O) groups excluding carboxylic acids is 2. The summed E-state index contributed by atoms with van der Waals surface area (Å²) in [5, 5.41) is 2.64. The lowest BCUT2D eigenvalue weighted by molar-refractivity contribution is -0.141. The van der Waals surface area contributed by atoms with Crippen molar-refractivity contribution in [3.05, 3.63) is 29.3 Å². The maximum Gasteiger partial charge on any atom is 0.407 e. The van der Waals surface area contributed by atoms with Gasteiger partial charge in [-0.2, -0.15) is 0 Å². The van der Waals surface area contributed by atoms with E-state index in [1.807, 2.05) is 19.1 Å². The molecule has 1 rings (SSSR count). The first-order valence-electron chi connectivity index (χ1n) is 6.34. The summed E-state index contributed by atoms with van der Waals surface area (Å²) in [6.45, 7) is 3.82. The van der Waals surface area contributed by atoms with Crippen LogP contribution in [0, 0.1) is 6.92 Å². The van der Waals surface area contributed by atoms with Crippen molar-refractivity contribution in [2.75, 3.05) is 19.5 Å². The van der Waals surface area contributed by atoms with E-state index in [0.717, 1.165) is 5.56 Å². The van der Waals surface area contributed by atoms with Gasteiger partial charge in [-0.25, -0.2) is 4.79 Å². The van der Waals surface area contributed by atoms with Crippen molar-refractivity contribution in [1.82, 2.24) is 5.32 Å². The molecule has 0 aliphatic heterocycles. The van der Waals surface area contributed by atoms with Crippen molar-refractivity contribution >= 4 is 17.7 Å². The van der Waals surface area contributed by atoms with Crippen LogP contribution in [-0.4, -0.2) is 25.8 Å². The topological polar surface area (TPSA) is 90.6 Å². The molecule has 20 heavy (non-hydrogen) atoms. The Morgan fingerprint density at radius 1 is 1.40 bits per heavy atom. The van der Waals surface area contributed by atoms with Crippen LogP contribution in [0.3, 0.4) is 0 Å². The van der Waals surface area contributed by atoms with E-state index in [1.165, 1.54) is 7.11 Å². The second kappa shape index (κ2) is 7.37. The van der Waals surface area contributed by atoms with Crippen molar-refractivity contribution < 1.29 is 19.1 Å². The van der Waals surface area contributed by atoms with Crippen LogP contribution >= 0.6 is 0 Å². The monoisotopic (exact) mass is 280 g/mol. The van der Waals surface area contributed by atoms with Crippen LogP contribution in [0.4, 0.5) is 10.5 Å². The summed E-state index contributed by atoms with van der Waals surface area (Å²) >= 11 is 0. The van der Waals surface area contributed by atoms with Gasteiger partial charge in [-0.1, -0.05) is 12.1 Å². The number of carbonyl (C=O) groups is 2. The maximum absolute atomic E-state index is 11.6. The largest absolute Gasteiger partial charge is 0.469 e. The minimum absolute atomic E-state index is 0.00956. The lowest BCUT2D eigenvalue weighted by Gasteiger charge is -2.21. The molecule has 0 saturated heterocycles. The second-order valence-electron chi connectivity index (χ2n) is 4.28. The molecule has 6 nitrogen and oxygen atoms in total. The van der Waals surface area contributed by atoms with Gasteiger partial charge >= 0.3 is 12.1 Å². The molecule has 0 saturated carbocycles. The van der Waals surface area contributed by atoms with Crippen LogP contribution in [0.2, 0.25) is 0 Å². The van der Waals surface area contributed by atoms with Gasteiger partial charge in [0.25, 0.3) is 0 Å². The number of nitrogen functional groups attached to an aromatic ring is 1. The molecule has 0 radical (unpaired) electrons. The predicted molar refractivity (Wildman–Crippen MR) is 75.1 cm³/mol. The number of ether oxygens (including phenoxy) is 2. The number of hydrogen-bond donors (Lipinski definition) is 2. The minimum atomic E-state index is -0.593.